The molecule has 3 rings (SSSR count). The van der Waals surface area contributed by atoms with Crippen LogP contribution in [-0.4, -0.2) is 33.9 Å². The first-order valence-electron chi connectivity index (χ1n) is 7.72. The number of rotatable bonds is 7. The van der Waals surface area contributed by atoms with Crippen LogP contribution in [0, 0.1) is 0 Å². The lowest BCUT2D eigenvalue weighted by molar-refractivity contribution is 0.171. The van der Waals surface area contributed by atoms with Crippen LogP contribution in [-0.2, 0) is 10.0 Å². The van der Waals surface area contributed by atoms with E-state index in [1.165, 1.54) is 17.0 Å². The summed E-state index contributed by atoms with van der Waals surface area (Å²) >= 11 is 1.71. The number of hydrogen-bond donors (Lipinski definition) is 1. The molecule has 0 saturated heterocycles. The third-order valence-corrected chi connectivity index (χ3v) is 6.01. The van der Waals surface area contributed by atoms with E-state index in [9.17, 15) is 8.42 Å². The zero-order chi connectivity index (χ0) is 16.8. The summed E-state index contributed by atoms with van der Waals surface area (Å²) in [6, 6.07) is 14.7. The maximum atomic E-state index is 12.3. The minimum atomic E-state index is -3.53. The molecule has 0 fully saturated rings. The number of ether oxygens (including phenoxy) is 2. The molecule has 0 amide bonds. The molecule has 1 aliphatic rings. The lowest BCUT2D eigenvalue weighted by Gasteiger charge is -2.18. The Morgan fingerprint density at radius 1 is 1.00 bits per heavy atom. The van der Waals surface area contributed by atoms with Crippen LogP contribution in [0.25, 0.3) is 0 Å². The van der Waals surface area contributed by atoms with Gasteiger partial charge < -0.3 is 9.47 Å². The second-order valence-electron chi connectivity index (χ2n) is 5.22. The first kappa shape index (κ1) is 17.1. The molecule has 24 heavy (non-hydrogen) atoms. The molecule has 0 spiro atoms. The van der Waals surface area contributed by atoms with Crippen molar-refractivity contribution in [3.05, 3.63) is 48.5 Å². The van der Waals surface area contributed by atoms with Gasteiger partial charge >= 0.3 is 0 Å². The van der Waals surface area contributed by atoms with Gasteiger partial charge in [-0.05, 0) is 36.4 Å². The fraction of sp³-hybridized carbons (Fsp3) is 0.294. The second-order valence-corrected chi connectivity index (χ2v) is 8.15. The normalized spacial score (nSPS) is 13.7. The van der Waals surface area contributed by atoms with Gasteiger partial charge in [0, 0.05) is 17.5 Å². The molecule has 0 atom stereocenters. The summed E-state index contributed by atoms with van der Waals surface area (Å²) in [6.07, 6.45) is 0.753. The minimum absolute atomic E-state index is 0.197. The highest BCUT2D eigenvalue weighted by Crippen LogP contribution is 2.32. The van der Waals surface area contributed by atoms with Gasteiger partial charge in [0.2, 0.25) is 10.0 Å². The second kappa shape index (κ2) is 7.92. The highest BCUT2D eigenvalue weighted by atomic mass is 32.2. The maximum Gasteiger partial charge on any atom is 0.240 e. The standard InChI is InChI=1S/C17H19NO4S2/c19-24(20,15-7-8-16-17(13-15)22-11-10-21-16)18-9-4-12-23-14-5-2-1-3-6-14/h1-3,5-8,13,18H,4,9-12H2. The van der Waals surface area contributed by atoms with Crippen molar-refractivity contribution in [3.8, 4) is 11.5 Å². The summed E-state index contributed by atoms with van der Waals surface area (Å²) < 4.78 is 38.1. The summed E-state index contributed by atoms with van der Waals surface area (Å²) in [5.74, 6) is 1.91. The predicted molar refractivity (Wildman–Crippen MR) is 94.4 cm³/mol. The zero-order valence-electron chi connectivity index (χ0n) is 13.1. The minimum Gasteiger partial charge on any atom is -0.486 e. The van der Waals surface area contributed by atoms with Crippen LogP contribution < -0.4 is 14.2 Å². The molecule has 5 nitrogen and oxygen atoms in total. The Labute approximate surface area is 146 Å². The van der Waals surface area contributed by atoms with E-state index in [0.29, 0.717) is 31.3 Å². The summed E-state index contributed by atoms with van der Waals surface area (Å²) in [7, 11) is -3.53. The summed E-state index contributed by atoms with van der Waals surface area (Å²) in [4.78, 5) is 1.38. The Balaban J connectivity index is 1.51. The van der Waals surface area contributed by atoms with Crippen molar-refractivity contribution in [3.63, 3.8) is 0 Å². The number of sulfonamides is 1. The Hall–Kier alpha value is -1.70. The molecule has 2 aromatic rings. The number of nitrogens with one attached hydrogen (secondary N) is 1. The molecule has 1 aliphatic heterocycles. The number of thioether (sulfide) groups is 1. The van der Waals surface area contributed by atoms with Gasteiger partial charge in [0.25, 0.3) is 0 Å². The van der Waals surface area contributed by atoms with Gasteiger partial charge in [-0.25, -0.2) is 13.1 Å². The lowest BCUT2D eigenvalue weighted by atomic mass is 10.3. The highest BCUT2D eigenvalue weighted by Gasteiger charge is 2.18. The molecule has 128 valence electrons. The van der Waals surface area contributed by atoms with Gasteiger partial charge in [-0.1, -0.05) is 18.2 Å². The monoisotopic (exact) mass is 365 g/mol. The van der Waals surface area contributed by atoms with Crippen LogP contribution in [0.1, 0.15) is 6.42 Å². The van der Waals surface area contributed by atoms with E-state index in [-0.39, 0.29) is 4.90 Å². The summed E-state index contributed by atoms with van der Waals surface area (Å²) in [6.45, 7) is 1.31. The molecule has 0 aromatic heterocycles. The highest BCUT2D eigenvalue weighted by molar-refractivity contribution is 7.99. The Morgan fingerprint density at radius 3 is 2.54 bits per heavy atom. The molecule has 1 N–H and O–H groups in total. The van der Waals surface area contributed by atoms with Crippen LogP contribution in [0.15, 0.2) is 58.3 Å². The van der Waals surface area contributed by atoms with E-state index in [4.69, 9.17) is 9.47 Å². The van der Waals surface area contributed by atoms with Gasteiger partial charge in [-0.2, -0.15) is 0 Å². The van der Waals surface area contributed by atoms with Crippen LogP contribution >= 0.6 is 11.8 Å². The van der Waals surface area contributed by atoms with E-state index in [1.54, 1.807) is 17.8 Å². The number of hydrogen-bond acceptors (Lipinski definition) is 5. The van der Waals surface area contributed by atoms with Crippen molar-refractivity contribution in [2.24, 2.45) is 0 Å². The topological polar surface area (TPSA) is 64.6 Å². The van der Waals surface area contributed by atoms with Gasteiger partial charge in [0.15, 0.2) is 11.5 Å². The van der Waals surface area contributed by atoms with Gasteiger partial charge in [0.05, 0.1) is 4.90 Å². The summed E-state index contributed by atoms with van der Waals surface area (Å²) in [5, 5.41) is 0. The molecule has 2 aromatic carbocycles. The molecule has 0 saturated carbocycles. The van der Waals surface area contributed by atoms with Gasteiger partial charge in [-0.15, -0.1) is 11.8 Å². The first-order chi connectivity index (χ1) is 11.6. The SMILES string of the molecule is O=S(=O)(NCCCSc1ccccc1)c1ccc2c(c1)OCCO2. The van der Waals surface area contributed by atoms with E-state index in [2.05, 4.69) is 4.72 Å². The Morgan fingerprint density at radius 2 is 1.75 bits per heavy atom. The molecule has 0 bridgehead atoms. The fourth-order valence-corrected chi connectivity index (χ4v) is 4.22. The van der Waals surface area contributed by atoms with Crippen molar-refractivity contribution in [1.82, 2.24) is 4.72 Å². The Kier molecular flexibility index (Phi) is 5.65. The quantitative estimate of drug-likeness (QED) is 0.604. The van der Waals surface area contributed by atoms with Crippen LogP contribution in [0.2, 0.25) is 0 Å². The van der Waals surface area contributed by atoms with Crippen molar-refractivity contribution in [2.45, 2.75) is 16.2 Å². The fourth-order valence-electron chi connectivity index (χ4n) is 2.26. The van der Waals surface area contributed by atoms with E-state index in [1.807, 2.05) is 30.3 Å². The van der Waals surface area contributed by atoms with Crippen LogP contribution in [0.5, 0.6) is 11.5 Å². The average Bonchev–Trinajstić information content (AvgIpc) is 2.62. The van der Waals surface area contributed by atoms with Gasteiger partial charge in [0.1, 0.15) is 13.2 Å². The largest absolute Gasteiger partial charge is 0.486 e. The van der Waals surface area contributed by atoms with Crippen LogP contribution in [0.4, 0.5) is 0 Å². The molecule has 0 aliphatic carbocycles. The van der Waals surface area contributed by atoms with Crippen molar-refractivity contribution in [1.29, 1.82) is 0 Å². The zero-order valence-corrected chi connectivity index (χ0v) is 14.7. The summed E-state index contributed by atoms with van der Waals surface area (Å²) in [5.41, 5.74) is 0. The molecular weight excluding hydrogens is 346 g/mol. The molecular formula is C17H19NO4S2. The van der Waals surface area contributed by atoms with Crippen molar-refractivity contribution < 1.29 is 17.9 Å². The van der Waals surface area contributed by atoms with Crippen molar-refractivity contribution in [2.75, 3.05) is 25.5 Å². The number of benzene rings is 2. The maximum absolute atomic E-state index is 12.3. The molecule has 0 unspecified atom stereocenters. The molecule has 7 heteroatoms. The average molecular weight is 365 g/mol. The van der Waals surface area contributed by atoms with E-state index < -0.39 is 10.0 Å². The van der Waals surface area contributed by atoms with Gasteiger partial charge in [-0.3, -0.25) is 0 Å². The third-order valence-electron chi connectivity index (χ3n) is 3.45. The Bertz CT molecular complexity index is 778. The van der Waals surface area contributed by atoms with E-state index in [0.717, 1.165) is 12.2 Å². The third kappa shape index (κ3) is 4.43. The first-order valence-corrected chi connectivity index (χ1v) is 10.2. The van der Waals surface area contributed by atoms with Crippen molar-refractivity contribution >= 4 is 21.8 Å². The predicted octanol–water partition coefficient (Wildman–Crippen LogP) is 2.92. The van der Waals surface area contributed by atoms with Crippen LogP contribution in [0.3, 0.4) is 0 Å². The molecule has 0 radical (unpaired) electrons. The smallest absolute Gasteiger partial charge is 0.240 e. The number of fused-ring (bicyclic) bond motifs is 1. The molecule has 1 heterocycles. The lowest BCUT2D eigenvalue weighted by Crippen LogP contribution is -2.25. The van der Waals surface area contributed by atoms with E-state index >= 15 is 0 Å².